The second-order valence-corrected chi connectivity index (χ2v) is 6.57. The van der Waals surface area contributed by atoms with E-state index in [0.717, 1.165) is 0 Å². The summed E-state index contributed by atoms with van der Waals surface area (Å²) in [6.45, 7) is -0.386. The van der Waals surface area contributed by atoms with E-state index in [4.69, 9.17) is 9.47 Å². The third kappa shape index (κ3) is 2.92. The Morgan fingerprint density at radius 2 is 2.00 bits per heavy atom. The number of ether oxygens (including phenoxy) is 2. The summed E-state index contributed by atoms with van der Waals surface area (Å²) in [7, 11) is 1.56. The molecule has 2 fully saturated rings. The summed E-state index contributed by atoms with van der Waals surface area (Å²) in [5, 5.41) is 28.9. The maximum atomic E-state index is 12.3. The Kier molecular flexibility index (Phi) is 4.79. The van der Waals surface area contributed by atoms with Crippen LogP contribution in [0.1, 0.15) is 0 Å². The van der Waals surface area contributed by atoms with Crippen molar-refractivity contribution in [1.29, 1.82) is 0 Å². The van der Waals surface area contributed by atoms with E-state index in [1.54, 1.807) is 36.3 Å². The van der Waals surface area contributed by atoms with Gasteiger partial charge in [-0.05, 0) is 24.3 Å². The second-order valence-electron chi connectivity index (χ2n) is 5.47. The quantitative estimate of drug-likeness (QED) is 0.684. The minimum atomic E-state index is -1.17. The van der Waals surface area contributed by atoms with E-state index < -0.39 is 29.8 Å². The molecular formula is C15H19NO6S. The monoisotopic (exact) mass is 341 g/mol. The third-order valence-corrected chi connectivity index (χ3v) is 5.35. The zero-order valence-corrected chi connectivity index (χ0v) is 13.3. The molecule has 3 N–H and O–H groups in total. The Morgan fingerprint density at radius 1 is 1.30 bits per heavy atom. The van der Waals surface area contributed by atoms with E-state index in [2.05, 4.69) is 0 Å². The molecule has 7 nitrogen and oxygen atoms in total. The van der Waals surface area contributed by atoms with Gasteiger partial charge in [0, 0.05) is 5.69 Å². The smallest absolute Gasteiger partial charge is 0.238 e. The SMILES string of the molecule is COc1ccc(N2C(=O)CS[C@@H]2[C@H]2O[C@H](CO)[C@@H](O)[C@@H]2O)cc1. The zero-order chi connectivity index (χ0) is 16.6. The van der Waals surface area contributed by atoms with Gasteiger partial charge in [0.15, 0.2) is 0 Å². The van der Waals surface area contributed by atoms with Crippen LogP contribution >= 0.6 is 11.8 Å². The lowest BCUT2D eigenvalue weighted by Crippen LogP contribution is -2.46. The molecule has 0 bridgehead atoms. The van der Waals surface area contributed by atoms with Crippen LogP contribution in [0, 0.1) is 0 Å². The third-order valence-electron chi connectivity index (χ3n) is 4.11. The molecule has 1 aromatic rings. The molecule has 0 spiro atoms. The second kappa shape index (κ2) is 6.66. The minimum absolute atomic E-state index is 0.0945. The minimum Gasteiger partial charge on any atom is -0.497 e. The highest BCUT2D eigenvalue weighted by molar-refractivity contribution is 8.01. The fourth-order valence-corrected chi connectivity index (χ4v) is 4.14. The van der Waals surface area contributed by atoms with Crippen LogP contribution in [-0.4, -0.2) is 70.5 Å². The summed E-state index contributed by atoms with van der Waals surface area (Å²) >= 11 is 1.35. The number of carbonyl (C=O) groups is 1. The molecule has 0 aromatic heterocycles. The van der Waals surface area contributed by atoms with Crippen molar-refractivity contribution in [3.05, 3.63) is 24.3 Å². The Balaban J connectivity index is 1.85. The summed E-state index contributed by atoms with van der Waals surface area (Å²) in [4.78, 5) is 13.8. The van der Waals surface area contributed by atoms with Gasteiger partial charge in [-0.1, -0.05) is 0 Å². The maximum absolute atomic E-state index is 12.3. The van der Waals surface area contributed by atoms with Gasteiger partial charge in [-0.15, -0.1) is 11.8 Å². The first kappa shape index (κ1) is 16.5. The number of anilines is 1. The molecule has 126 valence electrons. The standard InChI is InChI=1S/C15H19NO6S/c1-21-9-4-2-8(3-5-9)16-11(18)7-23-15(16)14-13(20)12(19)10(6-17)22-14/h2-5,10,12-15,17,19-20H,6-7H2,1H3/t10-,12-,13+,14+,15-/m1/s1. The van der Waals surface area contributed by atoms with Crippen molar-refractivity contribution >= 4 is 23.4 Å². The number of benzene rings is 1. The molecule has 5 atom stereocenters. The highest BCUT2D eigenvalue weighted by atomic mass is 32.2. The van der Waals surface area contributed by atoms with Crippen LogP contribution in [0.2, 0.25) is 0 Å². The molecule has 23 heavy (non-hydrogen) atoms. The maximum Gasteiger partial charge on any atom is 0.238 e. The predicted molar refractivity (Wildman–Crippen MR) is 84.5 cm³/mol. The van der Waals surface area contributed by atoms with E-state index >= 15 is 0 Å². The first-order valence-corrected chi connectivity index (χ1v) is 8.32. The highest BCUT2D eigenvalue weighted by Crippen LogP contribution is 2.38. The van der Waals surface area contributed by atoms with Crippen molar-refractivity contribution in [2.45, 2.75) is 29.8 Å². The number of aliphatic hydroxyl groups excluding tert-OH is 3. The van der Waals surface area contributed by atoms with Crippen molar-refractivity contribution in [1.82, 2.24) is 0 Å². The summed E-state index contributed by atoms with van der Waals surface area (Å²) in [6, 6.07) is 7.02. The Hall–Kier alpha value is -1.32. The molecule has 2 saturated heterocycles. The predicted octanol–water partition coefficient (Wildman–Crippen LogP) is -0.417. The Morgan fingerprint density at radius 3 is 2.57 bits per heavy atom. The molecule has 0 aliphatic carbocycles. The largest absolute Gasteiger partial charge is 0.497 e. The number of carbonyl (C=O) groups excluding carboxylic acids is 1. The molecule has 2 aliphatic rings. The van der Waals surface area contributed by atoms with Crippen molar-refractivity contribution < 1.29 is 29.6 Å². The van der Waals surface area contributed by atoms with Gasteiger partial charge in [-0.2, -0.15) is 0 Å². The highest BCUT2D eigenvalue weighted by Gasteiger charge is 2.50. The summed E-state index contributed by atoms with van der Waals surface area (Å²) in [5.41, 5.74) is 0.670. The zero-order valence-electron chi connectivity index (χ0n) is 12.5. The molecule has 0 saturated carbocycles. The van der Waals surface area contributed by atoms with Gasteiger partial charge in [-0.3, -0.25) is 9.69 Å². The van der Waals surface area contributed by atoms with E-state index in [1.165, 1.54) is 11.8 Å². The van der Waals surface area contributed by atoms with Crippen LogP contribution in [0.3, 0.4) is 0 Å². The first-order chi connectivity index (χ1) is 11.1. The lowest BCUT2D eigenvalue weighted by molar-refractivity contribution is -0.116. The number of amides is 1. The molecule has 3 rings (SSSR count). The first-order valence-electron chi connectivity index (χ1n) is 7.27. The summed E-state index contributed by atoms with van der Waals surface area (Å²) < 4.78 is 10.7. The van der Waals surface area contributed by atoms with Crippen LogP contribution in [0.4, 0.5) is 5.69 Å². The fourth-order valence-electron chi connectivity index (χ4n) is 2.88. The lowest BCUT2D eigenvalue weighted by atomic mass is 10.1. The number of hydrogen-bond acceptors (Lipinski definition) is 7. The summed E-state index contributed by atoms with van der Waals surface area (Å²) in [5.74, 6) is 0.851. The van der Waals surface area contributed by atoms with Crippen LogP contribution in [0.5, 0.6) is 5.75 Å². The Bertz CT molecular complexity index is 568. The molecule has 1 aromatic carbocycles. The lowest BCUT2D eigenvalue weighted by Gasteiger charge is -2.30. The van der Waals surface area contributed by atoms with Crippen molar-refractivity contribution in [3.63, 3.8) is 0 Å². The topological polar surface area (TPSA) is 99.5 Å². The average Bonchev–Trinajstić information content (AvgIpc) is 3.08. The number of nitrogens with zero attached hydrogens (tertiary/aromatic N) is 1. The molecule has 1 amide bonds. The van der Waals surface area contributed by atoms with Gasteiger partial charge in [0.1, 0.15) is 35.5 Å². The number of rotatable bonds is 4. The molecule has 0 unspecified atom stereocenters. The van der Waals surface area contributed by atoms with Crippen LogP contribution in [0.15, 0.2) is 24.3 Å². The van der Waals surface area contributed by atoms with Crippen LogP contribution in [0.25, 0.3) is 0 Å². The van der Waals surface area contributed by atoms with E-state index in [9.17, 15) is 20.1 Å². The summed E-state index contributed by atoms with van der Waals surface area (Å²) in [6.07, 6.45) is -3.93. The van der Waals surface area contributed by atoms with Crippen LogP contribution < -0.4 is 9.64 Å². The van der Waals surface area contributed by atoms with Gasteiger partial charge in [-0.25, -0.2) is 0 Å². The molecular weight excluding hydrogens is 322 g/mol. The van der Waals surface area contributed by atoms with Gasteiger partial charge in [0.05, 0.1) is 19.5 Å². The fraction of sp³-hybridized carbons (Fsp3) is 0.533. The molecule has 8 heteroatoms. The normalized spacial score (nSPS) is 34.2. The van der Waals surface area contributed by atoms with Crippen molar-refractivity contribution in [3.8, 4) is 5.75 Å². The van der Waals surface area contributed by atoms with Gasteiger partial charge >= 0.3 is 0 Å². The van der Waals surface area contributed by atoms with E-state index in [0.29, 0.717) is 11.4 Å². The number of methoxy groups -OCH3 is 1. The van der Waals surface area contributed by atoms with Gasteiger partial charge in [0.25, 0.3) is 0 Å². The number of hydrogen-bond donors (Lipinski definition) is 3. The van der Waals surface area contributed by atoms with E-state index in [1.807, 2.05) is 0 Å². The van der Waals surface area contributed by atoms with E-state index in [-0.39, 0.29) is 18.3 Å². The average molecular weight is 341 g/mol. The van der Waals surface area contributed by atoms with Gasteiger partial charge in [0.2, 0.25) is 5.91 Å². The van der Waals surface area contributed by atoms with Crippen molar-refractivity contribution in [2.24, 2.45) is 0 Å². The molecule has 2 aliphatic heterocycles. The number of aliphatic hydroxyl groups is 3. The van der Waals surface area contributed by atoms with Crippen LogP contribution in [-0.2, 0) is 9.53 Å². The molecule has 0 radical (unpaired) electrons. The Labute approximate surface area is 137 Å². The van der Waals surface area contributed by atoms with Crippen molar-refractivity contribution in [2.75, 3.05) is 24.4 Å². The van der Waals surface area contributed by atoms with Gasteiger partial charge < -0.3 is 24.8 Å². The number of thioether (sulfide) groups is 1. The molecule has 2 heterocycles.